The van der Waals surface area contributed by atoms with E-state index in [9.17, 15) is 4.79 Å². The van der Waals surface area contributed by atoms with Gasteiger partial charge in [-0.3, -0.25) is 0 Å². The highest BCUT2D eigenvalue weighted by molar-refractivity contribution is 7.09. The molecule has 94 valence electrons. The highest BCUT2D eigenvalue weighted by atomic mass is 32.1. The molecule has 0 aromatic carbocycles. The summed E-state index contributed by atoms with van der Waals surface area (Å²) in [6, 6.07) is 3.02. The molecule has 0 fully saturated rings. The number of rotatable bonds is 5. The first kappa shape index (κ1) is 12.4. The maximum Gasteiger partial charge on any atom is 0.356 e. The second-order valence-corrected chi connectivity index (χ2v) is 4.69. The minimum Gasteiger partial charge on any atom is -0.476 e. The van der Waals surface area contributed by atoms with Crippen molar-refractivity contribution < 1.29 is 9.90 Å². The third-order valence-electron chi connectivity index (χ3n) is 2.35. The van der Waals surface area contributed by atoms with Gasteiger partial charge in [0, 0.05) is 24.0 Å². The third kappa shape index (κ3) is 3.01. The molecule has 0 amide bonds. The third-order valence-corrected chi connectivity index (χ3v) is 3.35. The lowest BCUT2D eigenvalue weighted by Crippen LogP contribution is -2.12. The molecule has 1 unspecified atom stereocenters. The zero-order valence-corrected chi connectivity index (χ0v) is 10.5. The van der Waals surface area contributed by atoms with E-state index in [0.29, 0.717) is 12.4 Å². The van der Waals surface area contributed by atoms with E-state index in [1.165, 1.54) is 6.07 Å². The van der Waals surface area contributed by atoms with E-state index in [2.05, 4.69) is 27.4 Å². The summed E-state index contributed by atoms with van der Waals surface area (Å²) in [5.74, 6) is -0.250. The van der Waals surface area contributed by atoms with Crippen LogP contribution in [-0.2, 0) is 0 Å². The predicted molar refractivity (Wildman–Crippen MR) is 68.0 cm³/mol. The van der Waals surface area contributed by atoms with Gasteiger partial charge < -0.3 is 10.4 Å². The Bertz CT molecular complexity index is 512. The van der Waals surface area contributed by atoms with Crippen LogP contribution in [0.2, 0.25) is 0 Å². The molecule has 0 bridgehead atoms. The van der Waals surface area contributed by atoms with Crippen molar-refractivity contribution in [3.05, 3.63) is 34.4 Å². The molecule has 0 saturated heterocycles. The van der Waals surface area contributed by atoms with Crippen molar-refractivity contribution in [1.82, 2.24) is 15.2 Å². The monoisotopic (exact) mass is 264 g/mol. The highest BCUT2D eigenvalue weighted by Gasteiger charge is 2.09. The van der Waals surface area contributed by atoms with Crippen molar-refractivity contribution in [2.45, 2.75) is 12.8 Å². The van der Waals surface area contributed by atoms with Crippen molar-refractivity contribution in [2.75, 3.05) is 11.9 Å². The number of aromatic nitrogens is 3. The second kappa shape index (κ2) is 5.54. The average Bonchev–Trinajstić information content (AvgIpc) is 2.90. The fourth-order valence-electron chi connectivity index (χ4n) is 1.36. The summed E-state index contributed by atoms with van der Waals surface area (Å²) in [5, 5.41) is 22.2. The Morgan fingerprint density at radius 3 is 2.89 bits per heavy atom. The molecular formula is C11H12N4O2S. The van der Waals surface area contributed by atoms with Gasteiger partial charge in [-0.2, -0.15) is 0 Å². The van der Waals surface area contributed by atoms with Crippen molar-refractivity contribution in [3.8, 4) is 0 Å². The largest absolute Gasteiger partial charge is 0.476 e. The number of carbonyl (C=O) groups is 1. The molecule has 2 N–H and O–H groups in total. The van der Waals surface area contributed by atoms with Crippen LogP contribution in [0.3, 0.4) is 0 Å². The molecule has 0 aliphatic heterocycles. The lowest BCUT2D eigenvalue weighted by molar-refractivity contribution is 0.0689. The van der Waals surface area contributed by atoms with Crippen molar-refractivity contribution in [1.29, 1.82) is 0 Å². The SMILES string of the molecule is CC(CNc1ccc(C(=O)O)nn1)c1nccs1. The van der Waals surface area contributed by atoms with Crippen LogP contribution in [0.4, 0.5) is 5.82 Å². The highest BCUT2D eigenvalue weighted by Crippen LogP contribution is 2.17. The van der Waals surface area contributed by atoms with E-state index >= 15 is 0 Å². The smallest absolute Gasteiger partial charge is 0.356 e. The van der Waals surface area contributed by atoms with Crippen LogP contribution in [0.25, 0.3) is 0 Å². The average molecular weight is 264 g/mol. The molecule has 0 radical (unpaired) electrons. The van der Waals surface area contributed by atoms with Gasteiger partial charge in [0.05, 0.1) is 5.01 Å². The Labute approximate surface area is 108 Å². The normalized spacial score (nSPS) is 12.1. The standard InChI is InChI=1S/C11H12N4O2S/c1-7(10-12-4-5-18-10)6-13-9-3-2-8(11(16)17)14-15-9/h2-5,7H,6H2,1H3,(H,13,15)(H,16,17). The topological polar surface area (TPSA) is 88.0 Å². The maximum atomic E-state index is 10.6. The molecule has 18 heavy (non-hydrogen) atoms. The first-order chi connectivity index (χ1) is 8.66. The van der Waals surface area contributed by atoms with Gasteiger partial charge in [0.25, 0.3) is 0 Å². The first-order valence-corrected chi connectivity index (χ1v) is 6.25. The summed E-state index contributed by atoms with van der Waals surface area (Å²) in [5.41, 5.74) is -0.0616. The molecule has 0 aliphatic rings. The van der Waals surface area contributed by atoms with Gasteiger partial charge in [0.1, 0.15) is 5.82 Å². The van der Waals surface area contributed by atoms with Gasteiger partial charge in [0.15, 0.2) is 5.69 Å². The van der Waals surface area contributed by atoms with Gasteiger partial charge >= 0.3 is 5.97 Å². The fraction of sp³-hybridized carbons (Fsp3) is 0.273. The molecule has 7 heteroatoms. The molecule has 2 heterocycles. The van der Waals surface area contributed by atoms with Gasteiger partial charge in [-0.1, -0.05) is 6.92 Å². The lowest BCUT2D eigenvalue weighted by atomic mass is 10.2. The summed E-state index contributed by atoms with van der Waals surface area (Å²) in [4.78, 5) is 14.8. The van der Waals surface area contributed by atoms with E-state index in [-0.39, 0.29) is 11.6 Å². The summed E-state index contributed by atoms with van der Waals surface area (Å²) in [6.07, 6.45) is 1.78. The summed E-state index contributed by atoms with van der Waals surface area (Å²) >= 11 is 1.61. The van der Waals surface area contributed by atoms with Crippen LogP contribution in [0.1, 0.15) is 28.3 Å². The van der Waals surface area contributed by atoms with Crippen LogP contribution in [-0.4, -0.2) is 32.8 Å². The number of carboxylic acid groups (broad SMARTS) is 1. The van der Waals surface area contributed by atoms with Crippen molar-refractivity contribution in [3.63, 3.8) is 0 Å². The number of anilines is 1. The number of hydrogen-bond donors (Lipinski definition) is 2. The zero-order valence-electron chi connectivity index (χ0n) is 9.70. The number of thiazole rings is 1. The summed E-state index contributed by atoms with van der Waals surface area (Å²) in [7, 11) is 0. The van der Waals surface area contributed by atoms with Crippen molar-refractivity contribution in [2.24, 2.45) is 0 Å². The Hall–Kier alpha value is -2.02. The predicted octanol–water partition coefficient (Wildman–Crippen LogP) is 1.85. The molecule has 2 aromatic heterocycles. The molecule has 0 spiro atoms. The first-order valence-electron chi connectivity index (χ1n) is 5.37. The fourth-order valence-corrected chi connectivity index (χ4v) is 2.06. The number of hydrogen-bond acceptors (Lipinski definition) is 6. The molecule has 0 aliphatic carbocycles. The Morgan fingerprint density at radius 2 is 2.33 bits per heavy atom. The van der Waals surface area contributed by atoms with E-state index in [1.54, 1.807) is 23.6 Å². The molecule has 2 rings (SSSR count). The number of nitrogens with zero attached hydrogens (tertiary/aromatic N) is 3. The van der Waals surface area contributed by atoms with Gasteiger partial charge in [-0.05, 0) is 12.1 Å². The lowest BCUT2D eigenvalue weighted by Gasteiger charge is -2.09. The zero-order chi connectivity index (χ0) is 13.0. The second-order valence-electron chi connectivity index (χ2n) is 3.76. The van der Waals surface area contributed by atoms with E-state index < -0.39 is 5.97 Å². The number of carboxylic acids is 1. The van der Waals surface area contributed by atoms with Crippen LogP contribution in [0.5, 0.6) is 0 Å². The van der Waals surface area contributed by atoms with Crippen LogP contribution < -0.4 is 5.32 Å². The Morgan fingerprint density at radius 1 is 1.50 bits per heavy atom. The minimum atomic E-state index is -1.08. The summed E-state index contributed by atoms with van der Waals surface area (Å²) < 4.78 is 0. The van der Waals surface area contributed by atoms with Crippen LogP contribution in [0, 0.1) is 0 Å². The van der Waals surface area contributed by atoms with Crippen LogP contribution >= 0.6 is 11.3 Å². The Balaban J connectivity index is 1.92. The van der Waals surface area contributed by atoms with Crippen molar-refractivity contribution >= 4 is 23.1 Å². The van der Waals surface area contributed by atoms with Gasteiger partial charge in [-0.25, -0.2) is 9.78 Å². The van der Waals surface area contributed by atoms with E-state index in [0.717, 1.165) is 5.01 Å². The molecule has 0 saturated carbocycles. The van der Waals surface area contributed by atoms with E-state index in [4.69, 9.17) is 5.11 Å². The van der Waals surface area contributed by atoms with Gasteiger partial charge in [-0.15, -0.1) is 21.5 Å². The van der Waals surface area contributed by atoms with Crippen LogP contribution in [0.15, 0.2) is 23.7 Å². The van der Waals surface area contributed by atoms with Gasteiger partial charge in [0.2, 0.25) is 0 Å². The van der Waals surface area contributed by atoms with E-state index in [1.807, 2.05) is 5.38 Å². The number of aromatic carboxylic acids is 1. The maximum absolute atomic E-state index is 10.6. The molecule has 2 aromatic rings. The molecule has 1 atom stereocenters. The minimum absolute atomic E-state index is 0.0616. The number of nitrogens with one attached hydrogen (secondary N) is 1. The molecule has 6 nitrogen and oxygen atoms in total. The summed E-state index contributed by atoms with van der Waals surface area (Å²) in [6.45, 7) is 2.74. The molecular weight excluding hydrogens is 252 g/mol. The Kier molecular flexibility index (Phi) is 3.83. The quantitative estimate of drug-likeness (QED) is 0.856.